The van der Waals surface area contributed by atoms with Crippen molar-refractivity contribution >= 4 is 0 Å². The summed E-state index contributed by atoms with van der Waals surface area (Å²) in [5.74, 6) is 0. The van der Waals surface area contributed by atoms with Crippen LogP contribution in [0, 0.1) is 0 Å². The lowest BCUT2D eigenvalue weighted by molar-refractivity contribution is 0.0599. The van der Waals surface area contributed by atoms with Crippen LogP contribution in [0.1, 0.15) is 23.7 Å². The predicted molar refractivity (Wildman–Crippen MR) is 45.4 cm³/mol. The molecule has 1 aliphatic carbocycles. The van der Waals surface area contributed by atoms with Crippen LogP contribution in [0.25, 0.3) is 0 Å². The maximum absolute atomic E-state index is 4.89. The van der Waals surface area contributed by atoms with E-state index in [2.05, 4.69) is 16.5 Å². The van der Waals surface area contributed by atoms with Crippen molar-refractivity contribution in [3.05, 3.63) is 29.6 Å². The van der Waals surface area contributed by atoms with Gasteiger partial charge in [-0.05, 0) is 24.5 Å². The van der Waals surface area contributed by atoms with Gasteiger partial charge in [0, 0.05) is 6.20 Å². The van der Waals surface area contributed by atoms with Crippen molar-refractivity contribution in [2.75, 3.05) is 7.11 Å². The highest BCUT2D eigenvalue weighted by molar-refractivity contribution is 5.27. The van der Waals surface area contributed by atoms with Gasteiger partial charge in [-0.3, -0.25) is 4.98 Å². The minimum Gasteiger partial charge on any atom is -0.304 e. The Hall–Kier alpha value is -0.930. The zero-order valence-corrected chi connectivity index (χ0v) is 7.08. The molecule has 1 heterocycles. The highest BCUT2D eigenvalue weighted by Crippen LogP contribution is 2.28. The lowest BCUT2D eigenvalue weighted by Gasteiger charge is -2.09. The summed E-state index contributed by atoms with van der Waals surface area (Å²) in [6, 6.07) is 4.39. The van der Waals surface area contributed by atoms with E-state index in [4.69, 9.17) is 4.84 Å². The quantitative estimate of drug-likeness (QED) is 0.667. The molecule has 0 amide bonds. The summed E-state index contributed by atoms with van der Waals surface area (Å²) in [6.07, 6.45) is 4.01. The molecular weight excluding hydrogens is 152 g/mol. The normalized spacial score (nSPS) is 20.9. The van der Waals surface area contributed by atoms with Crippen molar-refractivity contribution in [1.29, 1.82) is 0 Å². The van der Waals surface area contributed by atoms with Gasteiger partial charge < -0.3 is 4.84 Å². The second kappa shape index (κ2) is 3.21. The number of aryl methyl sites for hydroxylation is 1. The fraction of sp³-hybridized carbons (Fsp3) is 0.444. The van der Waals surface area contributed by atoms with Gasteiger partial charge in [-0.25, -0.2) is 0 Å². The molecule has 0 spiro atoms. The Kier molecular flexibility index (Phi) is 2.06. The highest BCUT2D eigenvalue weighted by atomic mass is 16.6. The number of fused-ring (bicyclic) bond motifs is 1. The molecule has 1 aliphatic rings. The molecule has 0 saturated heterocycles. The Morgan fingerprint density at radius 2 is 2.58 bits per heavy atom. The summed E-state index contributed by atoms with van der Waals surface area (Å²) >= 11 is 0. The SMILES string of the molecule is CONC1CCc2cccnc21. The number of nitrogens with one attached hydrogen (secondary N) is 1. The van der Waals surface area contributed by atoms with Crippen LogP contribution in [0.5, 0.6) is 0 Å². The summed E-state index contributed by atoms with van der Waals surface area (Å²) in [4.78, 5) is 9.21. The third-order valence-corrected chi connectivity index (χ3v) is 2.22. The molecule has 0 aliphatic heterocycles. The van der Waals surface area contributed by atoms with Crippen LogP contribution in [0.4, 0.5) is 0 Å². The Morgan fingerprint density at radius 1 is 1.67 bits per heavy atom. The molecule has 0 bridgehead atoms. The lowest BCUT2D eigenvalue weighted by atomic mass is 10.2. The first-order valence-corrected chi connectivity index (χ1v) is 4.14. The number of aromatic nitrogens is 1. The molecule has 0 radical (unpaired) electrons. The van der Waals surface area contributed by atoms with Gasteiger partial charge in [0.1, 0.15) is 0 Å². The third-order valence-electron chi connectivity index (χ3n) is 2.22. The smallest absolute Gasteiger partial charge is 0.0749 e. The molecule has 64 valence electrons. The minimum absolute atomic E-state index is 0.284. The van der Waals surface area contributed by atoms with E-state index in [-0.39, 0.29) is 6.04 Å². The Morgan fingerprint density at radius 3 is 3.42 bits per heavy atom. The number of hydrogen-bond acceptors (Lipinski definition) is 3. The van der Waals surface area contributed by atoms with Gasteiger partial charge >= 0.3 is 0 Å². The molecule has 0 aromatic carbocycles. The van der Waals surface area contributed by atoms with E-state index in [0.717, 1.165) is 18.5 Å². The van der Waals surface area contributed by atoms with Gasteiger partial charge in [0.15, 0.2) is 0 Å². The van der Waals surface area contributed by atoms with Crippen molar-refractivity contribution < 1.29 is 4.84 Å². The van der Waals surface area contributed by atoms with Gasteiger partial charge in [-0.1, -0.05) is 6.07 Å². The van der Waals surface area contributed by atoms with E-state index in [1.54, 1.807) is 7.11 Å². The number of rotatable bonds is 2. The molecule has 1 aromatic heterocycles. The van der Waals surface area contributed by atoms with Crippen molar-refractivity contribution in [3.8, 4) is 0 Å². The van der Waals surface area contributed by atoms with Crippen molar-refractivity contribution in [2.24, 2.45) is 0 Å². The minimum atomic E-state index is 0.284. The van der Waals surface area contributed by atoms with Gasteiger partial charge in [0.25, 0.3) is 0 Å². The van der Waals surface area contributed by atoms with Crippen LogP contribution < -0.4 is 5.48 Å². The first kappa shape index (κ1) is 7.71. The molecule has 1 N–H and O–H groups in total. The summed E-state index contributed by atoms with van der Waals surface area (Å²) in [5, 5.41) is 0. The maximum atomic E-state index is 4.89. The van der Waals surface area contributed by atoms with Crippen LogP contribution >= 0.6 is 0 Å². The first-order chi connectivity index (χ1) is 5.92. The number of hydroxylamine groups is 1. The van der Waals surface area contributed by atoms with Crippen LogP contribution in [0.15, 0.2) is 18.3 Å². The molecule has 0 saturated carbocycles. The fourth-order valence-corrected chi connectivity index (χ4v) is 1.67. The molecule has 3 nitrogen and oxygen atoms in total. The molecule has 1 unspecified atom stereocenters. The molecular formula is C9H12N2O. The Balaban J connectivity index is 2.24. The Bertz CT molecular complexity index is 273. The zero-order chi connectivity index (χ0) is 8.39. The highest BCUT2D eigenvalue weighted by Gasteiger charge is 2.22. The molecule has 12 heavy (non-hydrogen) atoms. The second-order valence-corrected chi connectivity index (χ2v) is 2.96. The topological polar surface area (TPSA) is 34.1 Å². The van der Waals surface area contributed by atoms with E-state index in [9.17, 15) is 0 Å². The summed E-state index contributed by atoms with van der Waals surface area (Å²) in [6.45, 7) is 0. The number of nitrogens with zero attached hydrogens (tertiary/aromatic N) is 1. The maximum Gasteiger partial charge on any atom is 0.0749 e. The van der Waals surface area contributed by atoms with Crippen LogP contribution in [-0.2, 0) is 11.3 Å². The van der Waals surface area contributed by atoms with Crippen LogP contribution in [-0.4, -0.2) is 12.1 Å². The van der Waals surface area contributed by atoms with E-state index < -0.39 is 0 Å². The summed E-state index contributed by atoms with van der Waals surface area (Å²) < 4.78 is 0. The van der Waals surface area contributed by atoms with Crippen LogP contribution in [0.3, 0.4) is 0 Å². The van der Waals surface area contributed by atoms with Gasteiger partial charge in [0.2, 0.25) is 0 Å². The third kappa shape index (κ3) is 1.21. The van der Waals surface area contributed by atoms with Crippen molar-refractivity contribution in [2.45, 2.75) is 18.9 Å². The molecule has 1 atom stereocenters. The summed E-state index contributed by atoms with van der Waals surface area (Å²) in [7, 11) is 1.64. The predicted octanol–water partition coefficient (Wildman–Crippen LogP) is 1.22. The Labute approximate surface area is 71.7 Å². The van der Waals surface area contributed by atoms with Crippen molar-refractivity contribution in [3.63, 3.8) is 0 Å². The molecule has 2 rings (SSSR count). The molecule has 1 aromatic rings. The van der Waals surface area contributed by atoms with E-state index in [0.29, 0.717) is 0 Å². The van der Waals surface area contributed by atoms with E-state index >= 15 is 0 Å². The van der Waals surface area contributed by atoms with E-state index in [1.807, 2.05) is 12.3 Å². The number of hydrogen-bond donors (Lipinski definition) is 1. The van der Waals surface area contributed by atoms with Gasteiger partial charge in [0.05, 0.1) is 18.8 Å². The average molecular weight is 164 g/mol. The standard InChI is InChI=1S/C9H12N2O/c1-12-11-8-5-4-7-3-2-6-10-9(7)8/h2-3,6,8,11H,4-5H2,1H3. The second-order valence-electron chi connectivity index (χ2n) is 2.96. The van der Waals surface area contributed by atoms with Gasteiger partial charge in [-0.15, -0.1) is 0 Å². The lowest BCUT2D eigenvalue weighted by Crippen LogP contribution is -2.18. The van der Waals surface area contributed by atoms with Crippen LogP contribution in [0.2, 0.25) is 0 Å². The van der Waals surface area contributed by atoms with Gasteiger partial charge in [-0.2, -0.15) is 5.48 Å². The van der Waals surface area contributed by atoms with E-state index in [1.165, 1.54) is 5.56 Å². The molecule has 3 heteroatoms. The fourth-order valence-electron chi connectivity index (χ4n) is 1.67. The zero-order valence-electron chi connectivity index (χ0n) is 7.08. The molecule has 0 fully saturated rings. The average Bonchev–Trinajstić information content (AvgIpc) is 2.50. The summed E-state index contributed by atoms with van der Waals surface area (Å²) in [5.41, 5.74) is 5.42. The monoisotopic (exact) mass is 164 g/mol. The number of pyridine rings is 1. The van der Waals surface area contributed by atoms with Crippen molar-refractivity contribution in [1.82, 2.24) is 10.5 Å². The first-order valence-electron chi connectivity index (χ1n) is 4.14. The largest absolute Gasteiger partial charge is 0.304 e.